The van der Waals surface area contributed by atoms with E-state index in [1.54, 1.807) is 0 Å². The van der Waals surface area contributed by atoms with E-state index in [0.717, 1.165) is 85.9 Å². The molecule has 7 nitrogen and oxygen atoms in total. The number of hydrogen-bond donors (Lipinski definition) is 1. The number of aryl methyl sites for hydroxylation is 1. The lowest BCUT2D eigenvalue weighted by atomic mass is 9.96. The first-order valence-electron chi connectivity index (χ1n) is 17.5. The van der Waals surface area contributed by atoms with Crippen molar-refractivity contribution in [2.45, 2.75) is 38.8 Å². The first-order valence-corrected chi connectivity index (χ1v) is 17.5. The molecule has 0 spiro atoms. The predicted molar refractivity (Wildman–Crippen MR) is 197 cm³/mol. The summed E-state index contributed by atoms with van der Waals surface area (Å²) in [7, 11) is 0. The van der Waals surface area contributed by atoms with Gasteiger partial charge in [-0.15, -0.1) is 0 Å². The maximum atomic E-state index is 14.9. The zero-order valence-corrected chi connectivity index (χ0v) is 28.2. The minimum absolute atomic E-state index is 0.0336. The Morgan fingerprint density at radius 2 is 1.35 bits per heavy atom. The van der Waals surface area contributed by atoms with Crippen molar-refractivity contribution in [3.05, 3.63) is 144 Å². The summed E-state index contributed by atoms with van der Waals surface area (Å²) in [5.74, 6) is -0.189. The van der Waals surface area contributed by atoms with E-state index in [2.05, 4.69) is 123 Å². The first-order chi connectivity index (χ1) is 23.9. The molecule has 49 heavy (non-hydrogen) atoms. The Labute approximate surface area is 289 Å². The molecule has 2 amide bonds. The van der Waals surface area contributed by atoms with Crippen LogP contribution in [0, 0.1) is 12.8 Å². The van der Waals surface area contributed by atoms with E-state index < -0.39 is 0 Å². The summed E-state index contributed by atoms with van der Waals surface area (Å²) in [6.07, 6.45) is 2.32. The van der Waals surface area contributed by atoms with Crippen LogP contribution in [0.1, 0.15) is 40.0 Å². The van der Waals surface area contributed by atoms with Gasteiger partial charge in [-0.3, -0.25) is 14.5 Å². The average Bonchev–Trinajstić information content (AvgIpc) is 3.49. The number of hydrogen-bond acceptors (Lipinski definition) is 4. The molecule has 0 unspecified atom stereocenters. The summed E-state index contributed by atoms with van der Waals surface area (Å²) < 4.78 is 2.24. The summed E-state index contributed by atoms with van der Waals surface area (Å²) in [5.41, 5.74) is 13.9. The largest absolute Gasteiger partial charge is 0.371 e. The van der Waals surface area contributed by atoms with Crippen molar-refractivity contribution in [1.29, 1.82) is 0 Å². The molecular weight excluding hydrogens is 606 g/mol. The van der Waals surface area contributed by atoms with Gasteiger partial charge in [0.25, 0.3) is 5.91 Å². The number of piperazine rings is 1. The van der Waals surface area contributed by atoms with Crippen molar-refractivity contribution in [2.24, 2.45) is 11.7 Å². The molecule has 2 fully saturated rings. The molecule has 2 N–H and O–H groups in total. The number of carbonyl (C=O) groups is 2. The van der Waals surface area contributed by atoms with Crippen LogP contribution in [0.5, 0.6) is 0 Å². The Morgan fingerprint density at radius 1 is 0.714 bits per heavy atom. The van der Waals surface area contributed by atoms with Gasteiger partial charge in [-0.2, -0.15) is 0 Å². The Morgan fingerprint density at radius 3 is 2.02 bits per heavy atom. The van der Waals surface area contributed by atoms with E-state index in [4.69, 9.17) is 5.73 Å². The molecule has 3 heterocycles. The van der Waals surface area contributed by atoms with Crippen molar-refractivity contribution < 1.29 is 9.59 Å². The smallest absolute Gasteiger partial charge is 0.256 e. The van der Waals surface area contributed by atoms with Crippen molar-refractivity contribution in [3.63, 3.8) is 0 Å². The third kappa shape index (κ3) is 7.18. The first kappa shape index (κ1) is 32.4. The van der Waals surface area contributed by atoms with E-state index in [1.807, 2.05) is 24.3 Å². The number of anilines is 1. The molecule has 0 bridgehead atoms. The van der Waals surface area contributed by atoms with Gasteiger partial charge in [0, 0.05) is 68.3 Å². The summed E-state index contributed by atoms with van der Waals surface area (Å²) in [4.78, 5) is 33.6. The predicted octanol–water partition coefficient (Wildman–Crippen LogP) is 6.72. The van der Waals surface area contributed by atoms with Gasteiger partial charge in [0.15, 0.2) is 0 Å². The van der Waals surface area contributed by atoms with Crippen LogP contribution in [0.3, 0.4) is 0 Å². The monoisotopic (exact) mass is 651 g/mol. The van der Waals surface area contributed by atoms with Crippen molar-refractivity contribution >= 4 is 17.5 Å². The van der Waals surface area contributed by atoms with Gasteiger partial charge < -0.3 is 20.1 Å². The molecule has 4 aromatic carbocycles. The number of nitrogens with two attached hydrogens (primary N) is 1. The van der Waals surface area contributed by atoms with Crippen LogP contribution in [0.2, 0.25) is 0 Å². The van der Waals surface area contributed by atoms with Crippen molar-refractivity contribution in [1.82, 2.24) is 14.4 Å². The molecule has 7 heteroatoms. The minimum atomic E-state index is -0.204. The van der Waals surface area contributed by atoms with E-state index >= 15 is 0 Å². The summed E-state index contributed by atoms with van der Waals surface area (Å²) in [5, 5.41) is 0. The van der Waals surface area contributed by atoms with Gasteiger partial charge in [0.1, 0.15) is 0 Å². The van der Waals surface area contributed by atoms with Crippen LogP contribution >= 0.6 is 0 Å². The van der Waals surface area contributed by atoms with Gasteiger partial charge in [0.2, 0.25) is 5.91 Å². The van der Waals surface area contributed by atoms with Crippen LogP contribution < -0.4 is 10.6 Å². The lowest BCUT2D eigenvalue weighted by Crippen LogP contribution is -2.55. The highest BCUT2D eigenvalue weighted by molar-refractivity contribution is 6.01. The number of aromatic nitrogens is 1. The minimum Gasteiger partial charge on any atom is -0.371 e. The second kappa shape index (κ2) is 14.5. The van der Waals surface area contributed by atoms with Gasteiger partial charge in [-0.1, -0.05) is 97.1 Å². The fraction of sp³-hybridized carbons (Fsp3) is 0.286. The topological polar surface area (TPSA) is 74.8 Å². The number of primary amides is 1. The Hall–Kier alpha value is -5.14. The molecule has 0 radical (unpaired) electrons. The number of nitrogens with zero attached hydrogens (tertiary/aromatic N) is 4. The zero-order chi connectivity index (χ0) is 33.7. The molecule has 5 aromatic rings. The Kier molecular flexibility index (Phi) is 9.62. The number of rotatable bonds is 9. The molecule has 7 rings (SSSR count). The molecular formula is C42H45N5O2. The Bertz CT molecular complexity index is 1880. The van der Waals surface area contributed by atoms with E-state index in [-0.39, 0.29) is 23.8 Å². The molecule has 0 aliphatic carbocycles. The molecule has 2 aliphatic heterocycles. The maximum Gasteiger partial charge on any atom is 0.256 e. The second-order valence-corrected chi connectivity index (χ2v) is 13.5. The summed E-state index contributed by atoms with van der Waals surface area (Å²) in [6.45, 7) is 6.83. The molecule has 2 aliphatic rings. The third-order valence-corrected chi connectivity index (χ3v) is 10.2. The number of piperidine rings is 1. The summed E-state index contributed by atoms with van der Waals surface area (Å²) >= 11 is 0. The molecule has 250 valence electrons. The second-order valence-electron chi connectivity index (χ2n) is 13.5. The Balaban J connectivity index is 1.23. The van der Waals surface area contributed by atoms with E-state index in [1.165, 1.54) is 11.1 Å². The van der Waals surface area contributed by atoms with Crippen LogP contribution in [0.4, 0.5) is 5.69 Å². The average molecular weight is 652 g/mol. The molecule has 2 saturated heterocycles. The highest BCUT2D eigenvalue weighted by Gasteiger charge is 2.34. The lowest BCUT2D eigenvalue weighted by Gasteiger charge is -2.42. The fourth-order valence-electron chi connectivity index (χ4n) is 7.65. The molecule has 1 aromatic heterocycles. The number of carbonyl (C=O) groups excluding carboxylic acids is 2. The third-order valence-electron chi connectivity index (χ3n) is 10.2. The number of benzene rings is 4. The maximum absolute atomic E-state index is 14.9. The van der Waals surface area contributed by atoms with Gasteiger partial charge in [-0.05, 0) is 67.1 Å². The van der Waals surface area contributed by atoms with Crippen LogP contribution in [-0.4, -0.2) is 64.9 Å². The van der Waals surface area contributed by atoms with Gasteiger partial charge in [0.05, 0.1) is 11.3 Å². The molecule has 1 atom stereocenters. The van der Waals surface area contributed by atoms with E-state index in [9.17, 15) is 9.59 Å². The SMILES string of the molecule is Cc1cc(C(=O)N2CCN(Cc3ccccc3)C[C@H]2Cc2ccccc2)c(-c2ccccc2)n1-c1cccc(N2CCC(C(N)=O)CC2)c1. The number of amides is 2. The van der Waals surface area contributed by atoms with Gasteiger partial charge >= 0.3 is 0 Å². The quantitative estimate of drug-likeness (QED) is 0.192. The normalized spacial score (nSPS) is 17.3. The highest BCUT2D eigenvalue weighted by Crippen LogP contribution is 2.34. The van der Waals surface area contributed by atoms with Crippen LogP contribution in [-0.2, 0) is 17.8 Å². The van der Waals surface area contributed by atoms with Crippen molar-refractivity contribution in [2.75, 3.05) is 37.6 Å². The zero-order valence-electron chi connectivity index (χ0n) is 28.2. The fourth-order valence-corrected chi connectivity index (χ4v) is 7.65. The summed E-state index contributed by atoms with van der Waals surface area (Å²) in [6, 6.07) is 42.1. The van der Waals surface area contributed by atoms with Crippen LogP contribution in [0.25, 0.3) is 16.9 Å². The highest BCUT2D eigenvalue weighted by atomic mass is 16.2. The van der Waals surface area contributed by atoms with E-state index in [0.29, 0.717) is 6.54 Å². The van der Waals surface area contributed by atoms with Gasteiger partial charge in [-0.25, -0.2) is 0 Å². The van der Waals surface area contributed by atoms with Crippen LogP contribution in [0.15, 0.2) is 121 Å². The van der Waals surface area contributed by atoms with Crippen molar-refractivity contribution in [3.8, 4) is 16.9 Å². The molecule has 0 saturated carbocycles. The lowest BCUT2D eigenvalue weighted by molar-refractivity contribution is -0.122. The standard InChI is InChI=1S/C42H45N5O2/c1-31-26-39(42(49)46-25-24-44(29-33-14-7-3-8-15-33)30-38(46)27-32-12-5-2-6-13-32)40(34-16-9-4-10-17-34)47(31)37-19-11-18-36(28-37)45-22-20-35(21-23-45)41(43)48/h2-19,26,28,35,38H,20-25,27,29-30H2,1H3,(H2,43,48)/t38-/m1/s1.